The van der Waals surface area contributed by atoms with Crippen LogP contribution in [0.2, 0.25) is 0 Å². The molecule has 0 bridgehead atoms. The quantitative estimate of drug-likeness (QED) is 0.773. The van der Waals surface area contributed by atoms with Crippen molar-refractivity contribution in [3.8, 4) is 0 Å². The summed E-state index contributed by atoms with van der Waals surface area (Å²) in [5.74, 6) is -3.92. The van der Waals surface area contributed by atoms with Crippen LogP contribution in [0.1, 0.15) is 17.3 Å². The van der Waals surface area contributed by atoms with Crippen LogP contribution in [-0.4, -0.2) is 36.1 Å². The van der Waals surface area contributed by atoms with Crippen LogP contribution in [0, 0.1) is 0 Å². The molecule has 4 N–H and O–H groups in total. The summed E-state index contributed by atoms with van der Waals surface area (Å²) in [5, 5.41) is 4.60. The molecule has 1 atom stereocenters. The molecule has 22 heavy (non-hydrogen) atoms. The molecule has 0 fully saturated rings. The maximum Gasteiger partial charge on any atom is 0.277 e. The number of fused-ring (bicyclic) bond motifs is 1. The Hall–Kier alpha value is -1.38. The van der Waals surface area contributed by atoms with Gasteiger partial charge in [0.15, 0.2) is 0 Å². The minimum Gasteiger partial charge on any atom is -0.346 e. The highest BCUT2D eigenvalue weighted by atomic mass is 35.5. The van der Waals surface area contributed by atoms with Crippen molar-refractivity contribution in [1.29, 1.82) is 0 Å². The molecule has 2 amide bonds. The molecule has 0 aliphatic carbocycles. The number of nitrogens with two attached hydrogens (primary N) is 1. The van der Waals surface area contributed by atoms with Crippen molar-refractivity contribution in [2.24, 2.45) is 5.73 Å². The molecule has 0 radical (unpaired) electrons. The first kappa shape index (κ1) is 18.7. The summed E-state index contributed by atoms with van der Waals surface area (Å²) >= 11 is 1.38. The number of thioether (sulfide) groups is 1. The number of rotatable bonds is 4. The normalized spacial score (nSPS) is 17.1. The zero-order valence-corrected chi connectivity index (χ0v) is 13.3. The van der Waals surface area contributed by atoms with Gasteiger partial charge in [-0.15, -0.1) is 24.2 Å². The van der Waals surface area contributed by atoms with E-state index in [1.54, 1.807) is 13.0 Å². The first-order chi connectivity index (χ1) is 9.82. The summed E-state index contributed by atoms with van der Waals surface area (Å²) in [7, 11) is 0. The fraction of sp³-hybridized carbons (Fsp3) is 0.385. The Labute approximate surface area is 136 Å². The molecule has 2 rings (SSSR count). The van der Waals surface area contributed by atoms with Gasteiger partial charge in [0.1, 0.15) is 0 Å². The summed E-state index contributed by atoms with van der Waals surface area (Å²) < 4.78 is 26.0. The molecule has 0 spiro atoms. The van der Waals surface area contributed by atoms with E-state index in [0.717, 1.165) is 4.90 Å². The molecule has 1 heterocycles. The van der Waals surface area contributed by atoms with Crippen molar-refractivity contribution >= 4 is 41.7 Å². The van der Waals surface area contributed by atoms with Gasteiger partial charge in [0.25, 0.3) is 11.8 Å². The van der Waals surface area contributed by atoms with Gasteiger partial charge in [-0.2, -0.15) is 0 Å². The zero-order chi connectivity index (χ0) is 15.6. The third-order valence-electron chi connectivity index (χ3n) is 2.98. The van der Waals surface area contributed by atoms with Gasteiger partial charge >= 0.3 is 0 Å². The lowest BCUT2D eigenvalue weighted by atomic mass is 10.1. The van der Waals surface area contributed by atoms with Gasteiger partial charge in [0, 0.05) is 10.5 Å². The predicted molar refractivity (Wildman–Crippen MR) is 84.0 cm³/mol. The first-order valence-corrected chi connectivity index (χ1v) is 7.18. The maximum absolute atomic E-state index is 13.0. The number of hydrogen-bond acceptors (Lipinski definition) is 4. The monoisotopic (exact) mass is 351 g/mol. The highest BCUT2D eigenvalue weighted by Crippen LogP contribution is 2.35. The minimum absolute atomic E-state index is 0. The summed E-state index contributed by atoms with van der Waals surface area (Å²) in [6, 6.07) is 4.69. The molecule has 9 heteroatoms. The first-order valence-electron chi connectivity index (χ1n) is 6.30. The molecule has 1 unspecified atom stereocenters. The van der Waals surface area contributed by atoms with Crippen molar-refractivity contribution in [2.45, 2.75) is 23.0 Å². The fourth-order valence-corrected chi connectivity index (χ4v) is 2.66. The molecular formula is C13H16ClF2N3O2S. The SMILES string of the molecule is CC1Sc2ccc(C(=O)NCC(F)(F)CN)cc2NC1=O.Cl. The highest BCUT2D eigenvalue weighted by molar-refractivity contribution is 8.00. The second-order valence-electron chi connectivity index (χ2n) is 4.70. The van der Waals surface area contributed by atoms with E-state index in [-0.39, 0.29) is 29.1 Å². The zero-order valence-electron chi connectivity index (χ0n) is 11.7. The van der Waals surface area contributed by atoms with Gasteiger partial charge in [0.05, 0.1) is 24.0 Å². The van der Waals surface area contributed by atoms with Gasteiger partial charge in [-0.3, -0.25) is 9.59 Å². The lowest BCUT2D eigenvalue weighted by Crippen LogP contribution is -2.41. The fourth-order valence-electron chi connectivity index (χ4n) is 1.73. The standard InChI is InChI=1S/C13H15F2N3O2S.ClH/c1-7-11(19)18-9-4-8(2-3-10(9)21-7)12(20)17-6-13(14,15)5-16;/h2-4,7H,5-6,16H2,1H3,(H,17,20)(H,18,19);1H. The van der Waals surface area contributed by atoms with Crippen LogP contribution in [0.3, 0.4) is 0 Å². The van der Waals surface area contributed by atoms with Crippen LogP contribution < -0.4 is 16.4 Å². The van der Waals surface area contributed by atoms with E-state index in [1.807, 2.05) is 0 Å². The average molecular weight is 352 g/mol. The molecule has 1 aliphatic rings. The number of anilines is 1. The molecule has 0 saturated heterocycles. The summed E-state index contributed by atoms with van der Waals surface area (Å²) in [6.07, 6.45) is 0. The van der Waals surface area contributed by atoms with Crippen LogP contribution >= 0.6 is 24.2 Å². The van der Waals surface area contributed by atoms with Gasteiger partial charge in [-0.1, -0.05) is 0 Å². The van der Waals surface area contributed by atoms with Crippen molar-refractivity contribution in [2.75, 3.05) is 18.4 Å². The Bertz CT molecular complexity index is 586. The number of alkyl halides is 2. The molecule has 5 nitrogen and oxygen atoms in total. The molecule has 0 aromatic heterocycles. The van der Waals surface area contributed by atoms with E-state index >= 15 is 0 Å². The smallest absolute Gasteiger partial charge is 0.277 e. The van der Waals surface area contributed by atoms with Crippen LogP contribution in [-0.2, 0) is 4.79 Å². The lowest BCUT2D eigenvalue weighted by molar-refractivity contribution is -0.115. The van der Waals surface area contributed by atoms with Crippen LogP contribution in [0.25, 0.3) is 0 Å². The van der Waals surface area contributed by atoms with E-state index in [9.17, 15) is 18.4 Å². The molecule has 0 saturated carbocycles. The highest BCUT2D eigenvalue weighted by Gasteiger charge is 2.28. The Balaban J connectivity index is 0.00000242. The van der Waals surface area contributed by atoms with Gasteiger partial charge in [-0.05, 0) is 25.1 Å². The second-order valence-corrected chi connectivity index (χ2v) is 6.09. The number of carbonyl (C=O) groups is 2. The number of nitrogens with one attached hydrogen (secondary N) is 2. The van der Waals surface area contributed by atoms with E-state index in [0.29, 0.717) is 5.69 Å². The number of amides is 2. The Morgan fingerprint density at radius 1 is 1.50 bits per heavy atom. The van der Waals surface area contributed by atoms with E-state index < -0.39 is 24.9 Å². The third kappa shape index (κ3) is 4.31. The Morgan fingerprint density at radius 3 is 2.82 bits per heavy atom. The Kier molecular flexibility index (Phi) is 6.16. The van der Waals surface area contributed by atoms with Crippen LogP contribution in [0.5, 0.6) is 0 Å². The largest absolute Gasteiger partial charge is 0.346 e. The summed E-state index contributed by atoms with van der Waals surface area (Å²) in [5.41, 5.74) is 5.62. The molecule has 1 aliphatic heterocycles. The van der Waals surface area contributed by atoms with Gasteiger partial charge in [-0.25, -0.2) is 8.78 Å². The Morgan fingerprint density at radius 2 is 2.18 bits per heavy atom. The summed E-state index contributed by atoms with van der Waals surface area (Å²) in [6.45, 7) is 0.123. The van der Waals surface area contributed by atoms with Gasteiger partial charge < -0.3 is 16.4 Å². The second kappa shape index (κ2) is 7.26. The predicted octanol–water partition coefficient (Wildman–Crippen LogP) is 1.86. The van der Waals surface area contributed by atoms with E-state index in [2.05, 4.69) is 10.6 Å². The summed E-state index contributed by atoms with van der Waals surface area (Å²) in [4.78, 5) is 24.3. The van der Waals surface area contributed by atoms with E-state index in [4.69, 9.17) is 5.73 Å². The van der Waals surface area contributed by atoms with E-state index in [1.165, 1.54) is 23.9 Å². The number of benzene rings is 1. The number of carbonyl (C=O) groups excluding carboxylic acids is 2. The lowest BCUT2D eigenvalue weighted by Gasteiger charge is -2.22. The van der Waals surface area contributed by atoms with Crippen molar-refractivity contribution < 1.29 is 18.4 Å². The number of hydrogen-bond donors (Lipinski definition) is 3. The molecular weight excluding hydrogens is 336 g/mol. The molecule has 1 aromatic rings. The van der Waals surface area contributed by atoms with Crippen LogP contribution in [0.15, 0.2) is 23.1 Å². The third-order valence-corrected chi connectivity index (χ3v) is 4.16. The van der Waals surface area contributed by atoms with Crippen molar-refractivity contribution in [3.05, 3.63) is 23.8 Å². The molecule has 122 valence electrons. The van der Waals surface area contributed by atoms with Crippen LogP contribution in [0.4, 0.5) is 14.5 Å². The average Bonchev–Trinajstić information content (AvgIpc) is 2.45. The minimum atomic E-state index is -3.14. The topological polar surface area (TPSA) is 84.2 Å². The van der Waals surface area contributed by atoms with Crippen molar-refractivity contribution in [1.82, 2.24) is 5.32 Å². The van der Waals surface area contributed by atoms with Gasteiger partial charge in [0.2, 0.25) is 5.91 Å². The maximum atomic E-state index is 13.0. The number of halogens is 3. The van der Waals surface area contributed by atoms with Crippen molar-refractivity contribution in [3.63, 3.8) is 0 Å². The molecule has 1 aromatic carbocycles.